The van der Waals surface area contributed by atoms with E-state index in [0.717, 1.165) is 17.9 Å². The van der Waals surface area contributed by atoms with E-state index in [9.17, 15) is 4.79 Å². The van der Waals surface area contributed by atoms with E-state index in [1.54, 1.807) is 0 Å². The molecule has 0 aromatic rings. The van der Waals surface area contributed by atoms with Crippen molar-refractivity contribution in [3.05, 3.63) is 12.7 Å². The Morgan fingerprint density at radius 1 is 1.58 bits per heavy atom. The first-order chi connectivity index (χ1) is 5.63. The summed E-state index contributed by atoms with van der Waals surface area (Å²) < 4.78 is 0. The number of likely N-dealkylation sites (N-methyl/N-ethyl adjacent to an activating group) is 1. The van der Waals surface area contributed by atoms with Crippen molar-refractivity contribution in [2.24, 2.45) is 0 Å². The van der Waals surface area contributed by atoms with Crippen molar-refractivity contribution in [3.63, 3.8) is 0 Å². The van der Waals surface area contributed by atoms with Crippen LogP contribution in [0.3, 0.4) is 0 Å². The molecule has 1 amide bonds. The Balaban J connectivity index is 0. The fourth-order valence-corrected chi connectivity index (χ4v) is 0.672. The summed E-state index contributed by atoms with van der Waals surface area (Å²) in [6.07, 6.45) is 2.65. The predicted molar refractivity (Wildman–Crippen MR) is 42.3 cm³/mol. The van der Waals surface area contributed by atoms with Crippen LogP contribution in [0.25, 0.3) is 0 Å². The minimum atomic E-state index is 0.0804. The molecule has 0 aliphatic rings. The molecule has 1 unspecified atom stereocenters. The molecule has 0 saturated carbocycles. The molecule has 0 aliphatic carbocycles. The highest BCUT2D eigenvalue weighted by Crippen LogP contribution is 1.63. The van der Waals surface area contributed by atoms with E-state index in [0.29, 0.717) is 0 Å². The lowest BCUT2D eigenvalue weighted by molar-refractivity contribution is -0.795. The molecule has 0 fully saturated rings. The molecule has 68 valence electrons. The highest BCUT2D eigenvalue weighted by atomic mass is 16.2. The van der Waals surface area contributed by atoms with E-state index in [1.807, 2.05) is 7.05 Å². The standard InChI is InChI=1S/C7H13NO.CO2/c1-4-6-8(3)7(9)5-2;2-1-3/h5H,2,4,6H2,1,3H3;/p+1. The largest absolute Gasteiger partial charge is 0.373 e. The monoisotopic (exact) mass is 172 g/mol. The van der Waals surface area contributed by atoms with Crippen LogP contribution in [0.1, 0.15) is 13.3 Å². The van der Waals surface area contributed by atoms with Gasteiger partial charge in [-0.3, -0.25) is 4.90 Å². The maximum Gasteiger partial charge on any atom is 0.373 e. The fourth-order valence-electron chi connectivity index (χ4n) is 0.672. The highest BCUT2D eigenvalue weighted by Gasteiger charge is 2.06. The predicted octanol–water partition coefficient (Wildman–Crippen LogP) is -0.960. The van der Waals surface area contributed by atoms with Crippen molar-refractivity contribution in [2.75, 3.05) is 13.6 Å². The molecule has 1 atom stereocenters. The zero-order chi connectivity index (χ0) is 9.98. The molecule has 0 spiro atoms. The third-order valence-electron chi connectivity index (χ3n) is 1.23. The van der Waals surface area contributed by atoms with Gasteiger partial charge < -0.3 is 0 Å². The van der Waals surface area contributed by atoms with Crippen LogP contribution in [0.4, 0.5) is 0 Å². The molecule has 0 aromatic carbocycles. The first-order valence-corrected chi connectivity index (χ1v) is 3.62. The molecule has 0 saturated heterocycles. The van der Waals surface area contributed by atoms with E-state index in [1.165, 1.54) is 6.08 Å². The topological polar surface area (TPSA) is 55.6 Å². The lowest BCUT2D eigenvalue weighted by atomic mass is 10.4. The Kier molecular flexibility index (Phi) is 10.8. The normalized spacial score (nSPS) is 10.2. The molecule has 12 heavy (non-hydrogen) atoms. The second-order valence-electron chi connectivity index (χ2n) is 2.18. The van der Waals surface area contributed by atoms with Gasteiger partial charge in [0.05, 0.1) is 13.6 Å². The van der Waals surface area contributed by atoms with Gasteiger partial charge in [0.15, 0.2) is 0 Å². The molecular formula is C8H14NO3+. The van der Waals surface area contributed by atoms with E-state index in [2.05, 4.69) is 13.5 Å². The zero-order valence-electron chi connectivity index (χ0n) is 7.42. The maximum atomic E-state index is 10.7. The Morgan fingerprint density at radius 2 is 2.00 bits per heavy atom. The number of nitrogens with one attached hydrogen (secondary N) is 1. The number of carbonyl (C=O) groups excluding carboxylic acids is 3. The first-order valence-electron chi connectivity index (χ1n) is 3.62. The molecular weight excluding hydrogens is 158 g/mol. The Morgan fingerprint density at radius 3 is 2.25 bits per heavy atom. The highest BCUT2D eigenvalue weighted by molar-refractivity contribution is 5.78. The van der Waals surface area contributed by atoms with Gasteiger partial charge in [0.1, 0.15) is 0 Å². The smallest absolute Gasteiger partial charge is 0.270 e. The molecule has 1 N–H and O–H groups in total. The van der Waals surface area contributed by atoms with Crippen LogP contribution < -0.4 is 4.90 Å². The SMILES string of the molecule is C=CC(=O)[NH+](C)CCC.O=C=O. The minimum absolute atomic E-state index is 0.0804. The summed E-state index contributed by atoms with van der Waals surface area (Å²) in [5.74, 6) is 0.0804. The van der Waals surface area contributed by atoms with Crippen LogP contribution in [0, 0.1) is 0 Å². The Labute approximate surface area is 71.9 Å². The number of rotatable bonds is 3. The summed E-state index contributed by atoms with van der Waals surface area (Å²) in [7, 11) is 1.85. The van der Waals surface area contributed by atoms with E-state index < -0.39 is 0 Å². The van der Waals surface area contributed by atoms with Crippen molar-refractivity contribution in [1.29, 1.82) is 0 Å². The van der Waals surface area contributed by atoms with Gasteiger partial charge in [-0.15, -0.1) is 0 Å². The summed E-state index contributed by atoms with van der Waals surface area (Å²) in [6, 6.07) is 0. The Bertz CT molecular complexity index is 171. The average Bonchev–Trinajstić information content (AvgIpc) is 2.05. The van der Waals surface area contributed by atoms with Crippen molar-refractivity contribution in [3.8, 4) is 0 Å². The third-order valence-corrected chi connectivity index (χ3v) is 1.23. The fraction of sp³-hybridized carbons (Fsp3) is 0.500. The molecule has 0 radical (unpaired) electrons. The van der Waals surface area contributed by atoms with Crippen LogP contribution >= 0.6 is 0 Å². The molecule has 4 nitrogen and oxygen atoms in total. The second-order valence-corrected chi connectivity index (χ2v) is 2.18. The molecule has 0 aromatic heterocycles. The lowest BCUT2D eigenvalue weighted by Crippen LogP contribution is -3.11. The van der Waals surface area contributed by atoms with Crippen molar-refractivity contribution < 1.29 is 19.3 Å². The van der Waals surface area contributed by atoms with Gasteiger partial charge in [-0.1, -0.05) is 13.5 Å². The minimum Gasteiger partial charge on any atom is -0.270 e. The van der Waals surface area contributed by atoms with Crippen molar-refractivity contribution in [2.45, 2.75) is 13.3 Å². The summed E-state index contributed by atoms with van der Waals surface area (Å²) in [6.45, 7) is 6.34. The summed E-state index contributed by atoms with van der Waals surface area (Å²) in [5.41, 5.74) is 0. The van der Waals surface area contributed by atoms with Gasteiger partial charge in [-0.2, -0.15) is 9.59 Å². The van der Waals surface area contributed by atoms with Crippen molar-refractivity contribution in [1.82, 2.24) is 0 Å². The molecule has 4 heteroatoms. The van der Waals surface area contributed by atoms with Gasteiger partial charge in [0.2, 0.25) is 0 Å². The van der Waals surface area contributed by atoms with E-state index >= 15 is 0 Å². The zero-order valence-corrected chi connectivity index (χ0v) is 7.42. The number of hydrogen-bond donors (Lipinski definition) is 1. The van der Waals surface area contributed by atoms with Gasteiger partial charge in [-0.25, -0.2) is 4.79 Å². The number of hydrogen-bond acceptors (Lipinski definition) is 3. The quantitative estimate of drug-likeness (QED) is 0.558. The molecule has 0 bridgehead atoms. The van der Waals surface area contributed by atoms with Gasteiger partial charge in [-0.05, 0) is 6.42 Å². The van der Waals surface area contributed by atoms with Crippen molar-refractivity contribution >= 4 is 12.1 Å². The number of carbonyl (C=O) groups is 1. The molecule has 0 heterocycles. The first kappa shape index (κ1) is 13.3. The number of quaternary nitrogens is 1. The summed E-state index contributed by atoms with van der Waals surface area (Å²) in [4.78, 5) is 27.9. The van der Waals surface area contributed by atoms with Crippen LogP contribution in [-0.4, -0.2) is 25.7 Å². The maximum absolute atomic E-state index is 10.7. The Hall–Kier alpha value is -1.25. The van der Waals surface area contributed by atoms with Crippen LogP contribution in [0.5, 0.6) is 0 Å². The average molecular weight is 172 g/mol. The summed E-state index contributed by atoms with van der Waals surface area (Å²) >= 11 is 0. The third kappa shape index (κ3) is 8.75. The van der Waals surface area contributed by atoms with Gasteiger partial charge >= 0.3 is 12.1 Å². The molecule has 0 aliphatic heterocycles. The lowest BCUT2D eigenvalue weighted by Gasteiger charge is -2.05. The van der Waals surface area contributed by atoms with Gasteiger partial charge in [0.25, 0.3) is 0 Å². The summed E-state index contributed by atoms with van der Waals surface area (Å²) in [5, 5.41) is 0. The van der Waals surface area contributed by atoms with Crippen LogP contribution in [-0.2, 0) is 14.4 Å². The second kappa shape index (κ2) is 9.75. The molecule has 0 rings (SSSR count). The number of amides is 1. The van der Waals surface area contributed by atoms with Gasteiger partial charge in [0, 0.05) is 6.08 Å². The van der Waals surface area contributed by atoms with Crippen LogP contribution in [0.15, 0.2) is 12.7 Å². The van der Waals surface area contributed by atoms with Crippen LogP contribution in [0.2, 0.25) is 0 Å². The van der Waals surface area contributed by atoms with E-state index in [4.69, 9.17) is 9.59 Å². The van der Waals surface area contributed by atoms with E-state index in [-0.39, 0.29) is 12.1 Å².